The number of carboxylic acids is 1. The minimum absolute atomic E-state index is 0.0356. The summed E-state index contributed by atoms with van der Waals surface area (Å²) >= 11 is 0. The molecule has 0 spiro atoms. The Morgan fingerprint density at radius 2 is 1.94 bits per heavy atom. The maximum absolute atomic E-state index is 12.0. The van der Waals surface area contributed by atoms with Crippen LogP contribution in [0, 0.1) is 6.92 Å². The van der Waals surface area contributed by atoms with Crippen LogP contribution >= 0.6 is 0 Å². The van der Waals surface area contributed by atoms with Gasteiger partial charge in [0.1, 0.15) is 12.1 Å². The summed E-state index contributed by atoms with van der Waals surface area (Å²) in [6, 6.07) is 15.1. The van der Waals surface area contributed by atoms with Gasteiger partial charge >= 0.3 is 5.97 Å². The summed E-state index contributed by atoms with van der Waals surface area (Å²) in [7, 11) is -1.27. The first-order chi connectivity index (χ1) is 15.7. The molecular formula is C25H33N3O4Si. The van der Waals surface area contributed by atoms with Gasteiger partial charge in [-0.3, -0.25) is 0 Å². The molecule has 1 unspecified atom stereocenters. The van der Waals surface area contributed by atoms with Gasteiger partial charge in [-0.1, -0.05) is 54.8 Å². The lowest BCUT2D eigenvalue weighted by molar-refractivity contribution is 0.0553. The molecule has 33 heavy (non-hydrogen) atoms. The highest BCUT2D eigenvalue weighted by Gasteiger charge is 2.27. The summed E-state index contributed by atoms with van der Waals surface area (Å²) in [5.41, 5.74) is 3.83. The number of rotatable bonds is 9. The first-order valence-corrected chi connectivity index (χ1v) is 15.2. The van der Waals surface area contributed by atoms with Gasteiger partial charge in [-0.25, -0.2) is 4.79 Å². The highest BCUT2D eigenvalue weighted by Crippen LogP contribution is 2.33. The minimum atomic E-state index is -1.27. The van der Waals surface area contributed by atoms with Gasteiger partial charge in [0.25, 0.3) is 0 Å². The molecule has 0 bridgehead atoms. The molecule has 8 heteroatoms. The minimum Gasteiger partial charge on any atom is -0.476 e. The highest BCUT2D eigenvalue weighted by atomic mass is 28.3. The highest BCUT2D eigenvalue weighted by molar-refractivity contribution is 6.76. The number of anilines is 1. The van der Waals surface area contributed by atoms with Crippen LogP contribution in [0.1, 0.15) is 28.0 Å². The molecule has 1 fully saturated rings. The van der Waals surface area contributed by atoms with Crippen molar-refractivity contribution in [2.75, 3.05) is 24.6 Å². The number of hydrogen-bond acceptors (Lipinski definition) is 5. The molecule has 176 valence electrons. The van der Waals surface area contributed by atoms with E-state index in [2.05, 4.69) is 41.8 Å². The fourth-order valence-corrected chi connectivity index (χ4v) is 4.94. The van der Waals surface area contributed by atoms with Crippen LogP contribution in [-0.4, -0.2) is 54.9 Å². The zero-order chi connectivity index (χ0) is 23.6. The van der Waals surface area contributed by atoms with E-state index in [9.17, 15) is 9.90 Å². The summed E-state index contributed by atoms with van der Waals surface area (Å²) in [5, 5.41) is 14.7. The molecule has 0 amide bonds. The number of aromatic nitrogens is 2. The predicted octanol–water partition coefficient (Wildman–Crippen LogP) is 4.61. The first-order valence-electron chi connectivity index (χ1n) is 11.5. The van der Waals surface area contributed by atoms with Crippen molar-refractivity contribution in [2.45, 2.75) is 51.7 Å². The third-order valence-corrected chi connectivity index (χ3v) is 7.83. The molecule has 1 saturated heterocycles. The van der Waals surface area contributed by atoms with E-state index in [0.29, 0.717) is 24.1 Å². The van der Waals surface area contributed by atoms with Crippen molar-refractivity contribution < 1.29 is 19.5 Å². The Hall–Kier alpha value is -2.84. The van der Waals surface area contributed by atoms with Crippen molar-refractivity contribution in [3.63, 3.8) is 0 Å². The van der Waals surface area contributed by atoms with Gasteiger partial charge in [0.05, 0.1) is 12.7 Å². The van der Waals surface area contributed by atoms with Crippen LogP contribution in [0.25, 0.3) is 10.9 Å². The van der Waals surface area contributed by atoms with Crippen LogP contribution in [0.15, 0.2) is 42.5 Å². The molecule has 1 aromatic heterocycles. The van der Waals surface area contributed by atoms with Crippen molar-refractivity contribution >= 4 is 30.6 Å². The topological polar surface area (TPSA) is 76.8 Å². The number of aryl methyl sites for hydroxylation is 1. The lowest BCUT2D eigenvalue weighted by Crippen LogP contribution is -2.26. The number of ether oxygens (including phenoxy) is 1. The molecule has 1 aliphatic rings. The smallest absolute Gasteiger partial charge is 0.357 e. The number of fused-ring (bicyclic) bond motifs is 1. The lowest BCUT2D eigenvalue weighted by Gasteiger charge is -2.22. The molecular weight excluding hydrogens is 434 g/mol. The maximum Gasteiger partial charge on any atom is 0.357 e. The Morgan fingerprint density at radius 3 is 2.64 bits per heavy atom. The van der Waals surface area contributed by atoms with Crippen molar-refractivity contribution in [3.05, 3.63) is 59.3 Å². The van der Waals surface area contributed by atoms with E-state index in [0.717, 1.165) is 36.8 Å². The molecule has 7 nitrogen and oxygen atoms in total. The fourth-order valence-electron chi connectivity index (χ4n) is 4.24. The van der Waals surface area contributed by atoms with Crippen LogP contribution in [0.2, 0.25) is 25.7 Å². The number of carbonyl (C=O) groups is 1. The molecule has 2 heterocycles. The lowest BCUT2D eigenvalue weighted by atomic mass is 10.1. The number of carboxylic acid groups (broad SMARTS) is 1. The second-order valence-corrected chi connectivity index (χ2v) is 15.5. The van der Waals surface area contributed by atoms with Crippen LogP contribution in [0.3, 0.4) is 0 Å². The van der Waals surface area contributed by atoms with Gasteiger partial charge in [-0.2, -0.15) is 0 Å². The van der Waals surface area contributed by atoms with Gasteiger partial charge in [-0.05, 0) is 42.6 Å². The number of nitrogens with zero attached hydrogens (tertiary/aromatic N) is 3. The zero-order valence-corrected chi connectivity index (χ0v) is 20.9. The van der Waals surface area contributed by atoms with Crippen LogP contribution in [0.4, 0.5) is 5.69 Å². The van der Waals surface area contributed by atoms with E-state index < -0.39 is 14.0 Å². The first kappa shape index (κ1) is 23.3. The molecule has 0 radical (unpaired) electrons. The van der Waals surface area contributed by atoms with Crippen molar-refractivity contribution in [1.82, 2.24) is 9.94 Å². The van der Waals surface area contributed by atoms with E-state index in [1.165, 1.54) is 10.4 Å². The second-order valence-electron chi connectivity index (χ2n) is 9.93. The Morgan fingerprint density at radius 1 is 1.18 bits per heavy atom. The molecule has 0 saturated carbocycles. The van der Waals surface area contributed by atoms with E-state index in [1.54, 1.807) is 0 Å². The Labute approximate surface area is 195 Å². The van der Waals surface area contributed by atoms with Crippen LogP contribution < -0.4 is 9.74 Å². The molecule has 1 atom stereocenters. The van der Waals surface area contributed by atoms with Crippen molar-refractivity contribution in [1.29, 1.82) is 0 Å². The van der Waals surface area contributed by atoms with Crippen molar-refractivity contribution in [3.8, 4) is 0 Å². The van der Waals surface area contributed by atoms with E-state index >= 15 is 0 Å². The van der Waals surface area contributed by atoms with E-state index in [4.69, 9.17) is 9.57 Å². The average molecular weight is 468 g/mol. The Kier molecular flexibility index (Phi) is 6.76. The summed E-state index contributed by atoms with van der Waals surface area (Å²) in [6.45, 7) is 11.6. The van der Waals surface area contributed by atoms with Crippen LogP contribution in [-0.2, 0) is 11.3 Å². The summed E-state index contributed by atoms with van der Waals surface area (Å²) in [4.78, 5) is 21.5. The molecule has 2 aromatic carbocycles. The standard InChI is InChI=1S/C25H33N3O4Si/c1-18-21(27-13-12-20(16-27)31-17-19-8-6-5-7-9-19)10-11-22-23(18)24(25(29)30)26-28(22)32-14-15-33(2,3)4/h5-11,20H,12-17H2,1-4H3,(H,29,30). The summed E-state index contributed by atoms with van der Waals surface area (Å²) in [6.07, 6.45) is 1.08. The quantitative estimate of drug-likeness (QED) is 0.463. The molecule has 3 aromatic rings. The maximum atomic E-state index is 12.0. The molecule has 0 aliphatic carbocycles. The van der Waals surface area contributed by atoms with Gasteiger partial charge in [0.2, 0.25) is 0 Å². The second kappa shape index (κ2) is 9.57. The van der Waals surface area contributed by atoms with Gasteiger partial charge in [0.15, 0.2) is 5.69 Å². The summed E-state index contributed by atoms with van der Waals surface area (Å²) in [5.74, 6) is -1.04. The molecule has 1 aliphatic heterocycles. The van der Waals surface area contributed by atoms with E-state index in [-0.39, 0.29) is 11.8 Å². The molecule has 1 N–H and O–H groups in total. The summed E-state index contributed by atoms with van der Waals surface area (Å²) < 4.78 is 6.14. The van der Waals surface area contributed by atoms with Gasteiger partial charge in [-0.15, -0.1) is 5.10 Å². The third-order valence-electron chi connectivity index (χ3n) is 6.13. The SMILES string of the molecule is Cc1c(N2CCC(OCc3ccccc3)C2)ccc2c1c(C(=O)O)nn2OCC[Si](C)(C)C. The Balaban J connectivity index is 1.52. The molecule has 4 rings (SSSR count). The monoisotopic (exact) mass is 467 g/mol. The predicted molar refractivity (Wildman–Crippen MR) is 133 cm³/mol. The van der Waals surface area contributed by atoms with Gasteiger partial charge in [0, 0.05) is 32.2 Å². The number of hydrogen-bond donors (Lipinski definition) is 1. The van der Waals surface area contributed by atoms with E-state index in [1.807, 2.05) is 37.3 Å². The van der Waals surface area contributed by atoms with Crippen molar-refractivity contribution in [2.24, 2.45) is 0 Å². The third kappa shape index (κ3) is 5.39. The number of benzene rings is 2. The van der Waals surface area contributed by atoms with Crippen LogP contribution in [0.5, 0.6) is 0 Å². The Bertz CT molecular complexity index is 1120. The normalized spacial score (nSPS) is 16.5. The number of aromatic carboxylic acids is 1. The zero-order valence-electron chi connectivity index (χ0n) is 19.9. The van der Waals surface area contributed by atoms with Gasteiger partial charge < -0.3 is 19.6 Å². The average Bonchev–Trinajstić information content (AvgIpc) is 3.38. The fraction of sp³-hybridized carbons (Fsp3) is 0.440. The largest absolute Gasteiger partial charge is 0.476 e.